The molecule has 0 aliphatic heterocycles. The molecule has 0 aliphatic rings. The van der Waals surface area contributed by atoms with E-state index in [0.29, 0.717) is 0 Å². The Morgan fingerprint density at radius 2 is 1.35 bits per heavy atom. The van der Waals surface area contributed by atoms with Gasteiger partial charge in [-0.3, -0.25) is 0 Å². The number of aryl methyl sites for hydroxylation is 3. The van der Waals surface area contributed by atoms with Gasteiger partial charge in [-0.1, -0.05) is 89.8 Å². The molecule has 0 saturated heterocycles. The number of benzene rings is 2. The molecule has 3 heteroatoms. The molecule has 164 valence electrons. The fourth-order valence-corrected chi connectivity index (χ4v) is 4.06. The molecule has 0 fully saturated rings. The molecule has 4 aromatic carbocycles. The molecule has 0 atom stereocenters. The maximum atomic E-state index is 4.93. The van der Waals surface area contributed by atoms with Crippen molar-refractivity contribution in [3.8, 4) is 0 Å². The molecule has 0 nitrogen and oxygen atoms in total. The second-order valence-electron chi connectivity index (χ2n) is 8.30. The van der Waals surface area contributed by atoms with E-state index in [9.17, 15) is 0 Å². The van der Waals surface area contributed by atoms with Crippen LogP contribution in [0.1, 0.15) is 60.4 Å². The van der Waals surface area contributed by atoms with Crippen LogP contribution in [0.2, 0.25) is 0 Å². The second kappa shape index (κ2) is 13.6. The van der Waals surface area contributed by atoms with E-state index in [1.165, 1.54) is 81.5 Å². The Balaban J connectivity index is 0.000000238. The van der Waals surface area contributed by atoms with E-state index in [-0.39, 0.29) is 0 Å². The van der Waals surface area contributed by atoms with Crippen LogP contribution in [0, 0.1) is 27.7 Å². The molecule has 0 spiro atoms. The Morgan fingerprint density at radius 1 is 0.742 bits per heavy atom. The van der Waals surface area contributed by atoms with Gasteiger partial charge in [0.25, 0.3) is 0 Å². The molecule has 4 aromatic rings. The van der Waals surface area contributed by atoms with Crippen molar-refractivity contribution in [3.05, 3.63) is 82.4 Å². The van der Waals surface area contributed by atoms with E-state index < -0.39 is 20.8 Å². The van der Waals surface area contributed by atoms with Gasteiger partial charge in [-0.05, 0) is 12.8 Å². The van der Waals surface area contributed by atoms with Crippen LogP contribution in [-0.4, -0.2) is 0 Å². The van der Waals surface area contributed by atoms with Crippen LogP contribution in [0.25, 0.3) is 21.5 Å². The summed E-state index contributed by atoms with van der Waals surface area (Å²) < 4.78 is 0. The number of hydrogen-bond donors (Lipinski definition) is 0. The Bertz CT molecular complexity index is 1050. The number of unbranched alkanes of at least 4 members (excludes halogenated alkanes) is 3. The second-order valence-corrected chi connectivity index (χ2v) is 12.0. The van der Waals surface area contributed by atoms with Crippen LogP contribution in [-0.2, 0) is 27.3 Å². The van der Waals surface area contributed by atoms with E-state index in [0.717, 1.165) is 0 Å². The molecule has 0 aromatic heterocycles. The van der Waals surface area contributed by atoms with Crippen LogP contribution < -0.4 is 0 Å². The molecule has 0 radical (unpaired) electrons. The van der Waals surface area contributed by atoms with Crippen LogP contribution in [0.4, 0.5) is 0 Å². The van der Waals surface area contributed by atoms with E-state index in [4.69, 9.17) is 17.0 Å². The summed E-state index contributed by atoms with van der Waals surface area (Å²) in [5.41, 5.74) is 7.23. The fraction of sp³-hybridized carbons (Fsp3) is 0.357. The van der Waals surface area contributed by atoms with Gasteiger partial charge in [-0.25, -0.2) is 0 Å². The van der Waals surface area contributed by atoms with Gasteiger partial charge in [0.1, 0.15) is 0 Å². The summed E-state index contributed by atoms with van der Waals surface area (Å²) in [5.74, 6) is 0. The predicted molar refractivity (Wildman–Crippen MR) is 138 cm³/mol. The summed E-state index contributed by atoms with van der Waals surface area (Å²) in [6, 6.07) is 20.2. The molecular weight excluding hydrogens is 498 g/mol. The van der Waals surface area contributed by atoms with Gasteiger partial charge >= 0.3 is 37.9 Å². The Hall–Kier alpha value is -0.877. The third-order valence-corrected chi connectivity index (χ3v) is 6.18. The van der Waals surface area contributed by atoms with Crippen molar-refractivity contribution in [1.29, 1.82) is 0 Å². The molecule has 0 saturated carbocycles. The first-order valence-corrected chi connectivity index (χ1v) is 17.5. The van der Waals surface area contributed by atoms with E-state index in [1.54, 1.807) is 0 Å². The van der Waals surface area contributed by atoms with Crippen molar-refractivity contribution in [2.24, 2.45) is 0 Å². The fourth-order valence-electron chi connectivity index (χ4n) is 4.06. The normalized spacial score (nSPS) is 10.3. The zero-order chi connectivity index (χ0) is 22.8. The van der Waals surface area contributed by atoms with Crippen molar-refractivity contribution in [1.82, 2.24) is 0 Å². The zero-order valence-electron chi connectivity index (χ0n) is 19.5. The van der Waals surface area contributed by atoms with Gasteiger partial charge in [0.2, 0.25) is 0 Å². The number of hydrogen-bond acceptors (Lipinski definition) is 0. The van der Waals surface area contributed by atoms with Crippen LogP contribution in [0.15, 0.2) is 54.6 Å². The van der Waals surface area contributed by atoms with E-state index >= 15 is 0 Å². The van der Waals surface area contributed by atoms with Crippen LogP contribution >= 0.6 is 17.0 Å². The summed E-state index contributed by atoms with van der Waals surface area (Å²) in [5, 5.41) is 5.54. The summed E-state index contributed by atoms with van der Waals surface area (Å²) in [6.45, 7) is 10.9. The van der Waals surface area contributed by atoms with Crippen molar-refractivity contribution < 1.29 is 20.8 Å². The Morgan fingerprint density at radius 3 is 1.94 bits per heavy atom. The topological polar surface area (TPSA) is 0 Å². The monoisotopic (exact) mass is 530 g/mol. The Kier molecular flexibility index (Phi) is 11.6. The van der Waals surface area contributed by atoms with E-state index in [1.807, 2.05) is 0 Å². The molecule has 0 aliphatic carbocycles. The number of rotatable bonds is 5. The van der Waals surface area contributed by atoms with Crippen LogP contribution in [0.5, 0.6) is 0 Å². The van der Waals surface area contributed by atoms with Gasteiger partial charge in [0.05, 0.1) is 0 Å². The molecule has 0 unspecified atom stereocenters. The molecular formula is C28H34Cl2Zr. The minimum absolute atomic E-state index is 0.826. The van der Waals surface area contributed by atoms with Crippen molar-refractivity contribution in [2.45, 2.75) is 66.7 Å². The summed E-state index contributed by atoms with van der Waals surface area (Å²) in [4.78, 5) is 0. The molecule has 0 N–H and O–H groups in total. The quantitative estimate of drug-likeness (QED) is 0.177. The van der Waals surface area contributed by atoms with Crippen molar-refractivity contribution in [3.63, 3.8) is 0 Å². The molecule has 0 heterocycles. The minimum atomic E-state index is -0.826. The van der Waals surface area contributed by atoms with Gasteiger partial charge in [-0.2, -0.15) is 28.3 Å². The summed E-state index contributed by atoms with van der Waals surface area (Å²) in [6.07, 6.45) is 6.57. The average molecular weight is 533 g/mol. The third-order valence-electron chi connectivity index (χ3n) is 6.18. The third kappa shape index (κ3) is 7.59. The van der Waals surface area contributed by atoms with Gasteiger partial charge in [0.15, 0.2) is 0 Å². The summed E-state index contributed by atoms with van der Waals surface area (Å²) in [7, 11) is 9.87. The zero-order valence-corrected chi connectivity index (χ0v) is 23.5. The maximum absolute atomic E-state index is 4.93. The van der Waals surface area contributed by atoms with Crippen molar-refractivity contribution >= 4 is 38.6 Å². The van der Waals surface area contributed by atoms with Gasteiger partial charge in [-0.15, -0.1) is 39.7 Å². The summed E-state index contributed by atoms with van der Waals surface area (Å²) >= 11 is -0.826. The molecule has 0 amide bonds. The number of fused-ring (bicyclic) bond motifs is 3. The number of halogens is 2. The first-order valence-electron chi connectivity index (χ1n) is 11.2. The molecule has 4 rings (SSSR count). The standard InChI is InChI=1S/C19H21.C9H13.2ClH.Zr/c1-2-3-4-5-8-15-11-12-19-17(13-15)14-16-9-6-7-10-18(16)19;1-6-5-7(2)9(4)8(6)3;;;/h6-7,9-14H,2-5,8H2,1H3;5H,1-4H3;2*1H;/q2*-1;;;+4/p-2. The van der Waals surface area contributed by atoms with Crippen molar-refractivity contribution in [2.75, 3.05) is 0 Å². The van der Waals surface area contributed by atoms with Crippen LogP contribution in [0.3, 0.4) is 0 Å². The first-order chi connectivity index (χ1) is 14.9. The Labute approximate surface area is 207 Å². The van der Waals surface area contributed by atoms with Gasteiger partial charge < -0.3 is 0 Å². The average Bonchev–Trinajstić information content (AvgIpc) is 3.24. The predicted octanol–water partition coefficient (Wildman–Crippen LogP) is 9.85. The van der Waals surface area contributed by atoms with E-state index in [2.05, 4.69) is 89.2 Å². The SMILES string of the molecule is CCCCCCc1ccc2c(c1)[cH-]c1ccccc12.Cc1[cH-]c(C)c(C)c1C.[Cl][Zr+2][Cl]. The first kappa shape index (κ1) is 26.4. The molecule has 31 heavy (non-hydrogen) atoms. The van der Waals surface area contributed by atoms with Gasteiger partial charge in [0, 0.05) is 0 Å². The molecule has 0 bridgehead atoms.